The van der Waals surface area contributed by atoms with Crippen LogP contribution >= 0.6 is 0 Å². The molecule has 7 heteroatoms. The van der Waals surface area contributed by atoms with Gasteiger partial charge in [-0.15, -0.1) is 0 Å². The Morgan fingerprint density at radius 1 is 1.32 bits per heavy atom. The van der Waals surface area contributed by atoms with Crippen LogP contribution in [0.2, 0.25) is 0 Å². The molecule has 2 aliphatic rings. The third kappa shape index (κ3) is 2.66. The largest absolute Gasteiger partial charge is 0.356 e. The summed E-state index contributed by atoms with van der Waals surface area (Å²) in [7, 11) is 1.99. The van der Waals surface area contributed by atoms with Crippen molar-refractivity contribution >= 4 is 16.7 Å². The Morgan fingerprint density at radius 3 is 2.76 bits per heavy atom. The average Bonchev–Trinajstić information content (AvgIpc) is 3.30. The first-order chi connectivity index (χ1) is 12.0. The molecule has 1 saturated carbocycles. The first-order valence-corrected chi connectivity index (χ1v) is 9.07. The van der Waals surface area contributed by atoms with Crippen molar-refractivity contribution in [1.82, 2.24) is 19.9 Å². The Hall–Kier alpha value is -2.15. The van der Waals surface area contributed by atoms with Gasteiger partial charge < -0.3 is 10.2 Å². The monoisotopic (exact) mass is 343 g/mol. The summed E-state index contributed by atoms with van der Waals surface area (Å²) in [4.78, 5) is 33.9. The molecule has 2 atom stereocenters. The van der Waals surface area contributed by atoms with Crippen LogP contribution in [0.1, 0.15) is 37.8 Å². The topological polar surface area (TPSA) is 83.0 Å². The van der Waals surface area contributed by atoms with E-state index < -0.39 is 0 Å². The quantitative estimate of drug-likeness (QED) is 0.870. The van der Waals surface area contributed by atoms with Crippen molar-refractivity contribution in [3.8, 4) is 0 Å². The molecule has 0 bridgehead atoms. The molecule has 3 heterocycles. The van der Waals surface area contributed by atoms with Crippen LogP contribution in [0.4, 0.5) is 5.82 Å². The Bertz CT molecular complexity index is 927. The Balaban J connectivity index is 1.82. The number of aryl methyl sites for hydroxylation is 1. The molecule has 1 saturated heterocycles. The van der Waals surface area contributed by atoms with Crippen LogP contribution in [0, 0.1) is 12.8 Å². The van der Waals surface area contributed by atoms with Gasteiger partial charge in [0.25, 0.3) is 5.56 Å². The number of hydrogen-bond donors (Lipinski definition) is 2. The molecule has 4 rings (SSSR count). The predicted molar refractivity (Wildman–Crippen MR) is 98.5 cm³/mol. The van der Waals surface area contributed by atoms with E-state index >= 15 is 0 Å². The van der Waals surface area contributed by atoms with Crippen molar-refractivity contribution in [2.75, 3.05) is 25.0 Å². The molecule has 134 valence electrons. The van der Waals surface area contributed by atoms with Crippen LogP contribution < -0.4 is 21.5 Å². The normalized spacial score (nSPS) is 21.9. The van der Waals surface area contributed by atoms with Gasteiger partial charge in [-0.05, 0) is 46.1 Å². The highest BCUT2D eigenvalue weighted by Gasteiger charge is 2.31. The van der Waals surface area contributed by atoms with Gasteiger partial charge in [-0.1, -0.05) is 0 Å². The zero-order chi connectivity index (χ0) is 17.7. The first-order valence-electron chi connectivity index (χ1n) is 9.07. The maximum Gasteiger partial charge on any atom is 0.329 e. The van der Waals surface area contributed by atoms with Crippen LogP contribution in [-0.4, -0.2) is 40.7 Å². The number of nitrogens with one attached hydrogen (secondary N) is 2. The molecule has 2 fully saturated rings. The summed E-state index contributed by atoms with van der Waals surface area (Å²) < 4.78 is 1.76. The van der Waals surface area contributed by atoms with E-state index in [0.717, 1.165) is 49.2 Å². The average molecular weight is 343 g/mol. The van der Waals surface area contributed by atoms with E-state index in [0.29, 0.717) is 17.3 Å². The van der Waals surface area contributed by atoms with Crippen LogP contribution in [0.3, 0.4) is 0 Å². The molecule has 1 aliphatic heterocycles. The molecule has 0 radical (unpaired) electrons. The summed E-state index contributed by atoms with van der Waals surface area (Å²) in [6.45, 7) is 6.08. The summed E-state index contributed by atoms with van der Waals surface area (Å²) >= 11 is 0. The van der Waals surface area contributed by atoms with E-state index in [1.807, 2.05) is 14.0 Å². The lowest BCUT2D eigenvalue weighted by Gasteiger charge is -2.23. The third-order valence-corrected chi connectivity index (χ3v) is 5.79. The summed E-state index contributed by atoms with van der Waals surface area (Å²) in [5.74, 6) is 1.48. The van der Waals surface area contributed by atoms with E-state index in [1.165, 1.54) is 0 Å². The minimum atomic E-state index is -0.345. The van der Waals surface area contributed by atoms with Gasteiger partial charge in [-0.3, -0.25) is 14.3 Å². The lowest BCUT2D eigenvalue weighted by Crippen LogP contribution is -2.33. The number of rotatable bonds is 4. The van der Waals surface area contributed by atoms with Gasteiger partial charge in [0.1, 0.15) is 5.82 Å². The maximum absolute atomic E-state index is 12.4. The van der Waals surface area contributed by atoms with Crippen molar-refractivity contribution in [2.45, 2.75) is 45.2 Å². The summed E-state index contributed by atoms with van der Waals surface area (Å²) in [5.41, 5.74) is 1.04. The highest BCUT2D eigenvalue weighted by molar-refractivity contribution is 5.84. The summed E-state index contributed by atoms with van der Waals surface area (Å²) in [6.07, 6.45) is 4.73. The van der Waals surface area contributed by atoms with Gasteiger partial charge in [0.05, 0.1) is 10.9 Å². The molecule has 25 heavy (non-hydrogen) atoms. The molecule has 2 aromatic heterocycles. The molecule has 0 unspecified atom stereocenters. The number of anilines is 1. The van der Waals surface area contributed by atoms with Crippen molar-refractivity contribution in [1.29, 1.82) is 0 Å². The van der Waals surface area contributed by atoms with E-state index in [9.17, 15) is 9.59 Å². The Morgan fingerprint density at radius 2 is 2.08 bits per heavy atom. The molecule has 0 amide bonds. The molecule has 2 aromatic rings. The second kappa shape index (κ2) is 5.98. The van der Waals surface area contributed by atoms with Crippen LogP contribution in [0.25, 0.3) is 10.9 Å². The molecular weight excluding hydrogens is 318 g/mol. The number of aromatic amines is 1. The van der Waals surface area contributed by atoms with Gasteiger partial charge >= 0.3 is 5.69 Å². The zero-order valence-corrected chi connectivity index (χ0v) is 15.0. The van der Waals surface area contributed by atoms with Crippen LogP contribution in [0.15, 0.2) is 15.8 Å². The van der Waals surface area contributed by atoms with E-state index in [2.05, 4.69) is 27.1 Å². The van der Waals surface area contributed by atoms with E-state index in [4.69, 9.17) is 0 Å². The molecule has 2 N–H and O–H groups in total. The number of aromatic nitrogens is 3. The highest BCUT2D eigenvalue weighted by atomic mass is 16.2. The second-order valence-electron chi connectivity index (χ2n) is 7.40. The van der Waals surface area contributed by atoms with E-state index in [1.54, 1.807) is 10.8 Å². The zero-order valence-electron chi connectivity index (χ0n) is 15.0. The van der Waals surface area contributed by atoms with Crippen molar-refractivity contribution in [3.63, 3.8) is 0 Å². The summed E-state index contributed by atoms with van der Waals surface area (Å²) in [6, 6.07) is 0.662. The van der Waals surface area contributed by atoms with Gasteiger partial charge in [0.2, 0.25) is 0 Å². The molecule has 1 aliphatic carbocycles. The van der Waals surface area contributed by atoms with Gasteiger partial charge in [0, 0.05) is 36.9 Å². The number of nitrogens with zero attached hydrogens (tertiary/aromatic N) is 3. The Kier molecular flexibility index (Phi) is 3.91. The van der Waals surface area contributed by atoms with Crippen molar-refractivity contribution in [2.24, 2.45) is 5.92 Å². The highest BCUT2D eigenvalue weighted by Crippen LogP contribution is 2.37. The maximum atomic E-state index is 12.4. The lowest BCUT2D eigenvalue weighted by atomic mass is 10.0. The van der Waals surface area contributed by atoms with Crippen molar-refractivity contribution < 1.29 is 0 Å². The fraction of sp³-hybridized carbons (Fsp3) is 0.611. The summed E-state index contributed by atoms with van der Waals surface area (Å²) in [5, 5.41) is 3.84. The number of H-pyrrole nitrogens is 1. The molecular formula is C18H25N5O2. The van der Waals surface area contributed by atoms with Crippen LogP contribution in [-0.2, 0) is 0 Å². The van der Waals surface area contributed by atoms with Gasteiger partial charge in [-0.25, -0.2) is 9.78 Å². The van der Waals surface area contributed by atoms with E-state index in [-0.39, 0.29) is 17.3 Å². The molecule has 7 nitrogen and oxygen atoms in total. The SMILES string of the molecule is CN[C@@H](C)[C@@H]1CCN(c2ncc3c(=O)[nH]c(=O)n(C4CC4)c3c2C)C1. The van der Waals surface area contributed by atoms with Crippen LogP contribution in [0.5, 0.6) is 0 Å². The standard InChI is InChI=1S/C18H25N5O2/c1-10-15-14(17(24)21-18(25)23(15)13-4-5-13)8-20-16(10)22-7-6-12(9-22)11(2)19-3/h8,11-13,19H,4-7,9H2,1-3H3,(H,21,24,25)/t11-,12+/m0/s1. The minimum Gasteiger partial charge on any atom is -0.356 e. The fourth-order valence-corrected chi connectivity index (χ4v) is 4.02. The lowest BCUT2D eigenvalue weighted by molar-refractivity contribution is 0.428. The predicted octanol–water partition coefficient (Wildman–Crippen LogP) is 1.16. The minimum absolute atomic E-state index is 0.205. The molecule has 0 aromatic carbocycles. The molecule has 0 spiro atoms. The fourth-order valence-electron chi connectivity index (χ4n) is 4.02. The number of hydrogen-bond acceptors (Lipinski definition) is 5. The second-order valence-corrected chi connectivity index (χ2v) is 7.40. The smallest absolute Gasteiger partial charge is 0.329 e. The Labute approximate surface area is 146 Å². The third-order valence-electron chi connectivity index (χ3n) is 5.79. The van der Waals surface area contributed by atoms with Gasteiger partial charge in [-0.2, -0.15) is 0 Å². The number of pyridine rings is 1. The van der Waals surface area contributed by atoms with Crippen molar-refractivity contribution in [3.05, 3.63) is 32.6 Å². The first kappa shape index (κ1) is 16.3. The van der Waals surface area contributed by atoms with Gasteiger partial charge in [0.15, 0.2) is 0 Å². The number of fused-ring (bicyclic) bond motifs is 1.